The van der Waals surface area contributed by atoms with Gasteiger partial charge < -0.3 is 5.32 Å². The van der Waals surface area contributed by atoms with Crippen LogP contribution in [0.15, 0.2) is 51.1 Å². The van der Waals surface area contributed by atoms with Crippen molar-refractivity contribution in [3.05, 3.63) is 52.5 Å². The molecule has 1 N–H and O–H groups in total. The number of amides is 1. The number of carbonyl (C=O) groups is 1. The maximum atomic E-state index is 13.4. The van der Waals surface area contributed by atoms with Crippen molar-refractivity contribution >= 4 is 50.9 Å². The van der Waals surface area contributed by atoms with Gasteiger partial charge in [-0.25, -0.2) is 8.42 Å². The van der Waals surface area contributed by atoms with Crippen molar-refractivity contribution in [1.29, 1.82) is 0 Å². The maximum Gasteiger partial charge on any atom is 0.416 e. The zero-order valence-corrected chi connectivity index (χ0v) is 20.0. The van der Waals surface area contributed by atoms with E-state index in [-0.39, 0.29) is 38.5 Å². The van der Waals surface area contributed by atoms with Crippen LogP contribution in [0.2, 0.25) is 5.02 Å². The molecule has 0 fully saturated rings. The third-order valence-corrected chi connectivity index (χ3v) is 8.07. The Hall–Kier alpha value is -1.36. The van der Waals surface area contributed by atoms with E-state index in [1.165, 1.54) is 43.0 Å². The summed E-state index contributed by atoms with van der Waals surface area (Å²) >= 11 is 8.66. The Labute approximate surface area is 193 Å². The highest BCUT2D eigenvalue weighted by molar-refractivity contribution is 7.99. The Balaban J connectivity index is 2.32. The molecule has 0 saturated heterocycles. The molecule has 2 rings (SSSR count). The molecule has 0 unspecified atom stereocenters. The van der Waals surface area contributed by atoms with Crippen LogP contribution in [0, 0.1) is 0 Å². The van der Waals surface area contributed by atoms with Crippen LogP contribution < -0.4 is 5.32 Å². The van der Waals surface area contributed by atoms with Gasteiger partial charge in [-0.3, -0.25) is 4.79 Å². The molecule has 0 heterocycles. The van der Waals surface area contributed by atoms with Crippen molar-refractivity contribution < 1.29 is 26.4 Å². The highest BCUT2D eigenvalue weighted by Gasteiger charge is 2.31. The largest absolute Gasteiger partial charge is 0.416 e. The lowest BCUT2D eigenvalue weighted by molar-refractivity contribution is -0.137. The first kappa shape index (κ1) is 25.9. The lowest BCUT2D eigenvalue weighted by atomic mass is 10.1. The molecule has 31 heavy (non-hydrogen) atoms. The first-order chi connectivity index (χ1) is 14.5. The molecule has 0 aliphatic carbocycles. The van der Waals surface area contributed by atoms with E-state index in [4.69, 9.17) is 11.6 Å². The van der Waals surface area contributed by atoms with Crippen LogP contribution in [-0.2, 0) is 27.2 Å². The second-order valence-electron chi connectivity index (χ2n) is 6.37. The SMILES string of the molecule is CCSCNC(=O)Cc1cc(Sc2ccc(S(=O)(=O)CC)cc2Cl)cc(C(F)(F)F)c1. The molecule has 0 radical (unpaired) electrons. The van der Waals surface area contributed by atoms with E-state index >= 15 is 0 Å². The number of sulfone groups is 1. The fourth-order valence-electron chi connectivity index (χ4n) is 2.52. The molecule has 4 nitrogen and oxygen atoms in total. The molecule has 0 bridgehead atoms. The maximum absolute atomic E-state index is 13.4. The van der Waals surface area contributed by atoms with Gasteiger partial charge in [-0.05, 0) is 47.7 Å². The van der Waals surface area contributed by atoms with Gasteiger partial charge in [0.2, 0.25) is 5.91 Å². The van der Waals surface area contributed by atoms with Gasteiger partial charge >= 0.3 is 6.18 Å². The topological polar surface area (TPSA) is 63.2 Å². The summed E-state index contributed by atoms with van der Waals surface area (Å²) in [4.78, 5) is 12.7. The van der Waals surface area contributed by atoms with Crippen LogP contribution >= 0.6 is 35.1 Å². The predicted octanol–water partition coefficient (Wildman–Crippen LogP) is 5.67. The van der Waals surface area contributed by atoms with Crippen molar-refractivity contribution in [2.75, 3.05) is 17.4 Å². The second kappa shape index (κ2) is 11.0. The third-order valence-electron chi connectivity index (χ3n) is 4.10. The standard InChI is InChI=1S/C20H21ClF3NO3S3/c1-3-29-12-25-19(26)9-13-7-14(20(22,23)24)10-15(8-13)30-18-6-5-16(11-17(18)21)31(27,28)4-2/h5-8,10-11H,3-4,9,12H2,1-2H3,(H,25,26). The van der Waals surface area contributed by atoms with E-state index in [9.17, 15) is 26.4 Å². The fraction of sp³-hybridized carbons (Fsp3) is 0.350. The molecule has 170 valence electrons. The molecule has 1 amide bonds. The number of benzene rings is 2. The molecule has 0 aromatic heterocycles. The summed E-state index contributed by atoms with van der Waals surface area (Å²) in [6.07, 6.45) is -4.77. The minimum atomic E-state index is -4.58. The second-order valence-corrected chi connectivity index (χ2v) is 11.5. The van der Waals surface area contributed by atoms with Crippen LogP contribution in [-0.4, -0.2) is 31.7 Å². The first-order valence-electron chi connectivity index (χ1n) is 9.22. The van der Waals surface area contributed by atoms with Gasteiger partial charge in [-0.2, -0.15) is 13.2 Å². The molecule has 2 aromatic carbocycles. The highest BCUT2D eigenvalue weighted by atomic mass is 35.5. The van der Waals surface area contributed by atoms with E-state index in [1.54, 1.807) is 0 Å². The Morgan fingerprint density at radius 2 is 1.84 bits per heavy atom. The van der Waals surface area contributed by atoms with Gasteiger partial charge in [0, 0.05) is 9.79 Å². The zero-order chi connectivity index (χ0) is 23.2. The number of hydrogen-bond acceptors (Lipinski definition) is 5. The molecule has 0 aliphatic rings. The van der Waals surface area contributed by atoms with Gasteiger partial charge in [0.15, 0.2) is 9.84 Å². The number of thioether (sulfide) groups is 1. The lowest BCUT2D eigenvalue weighted by Gasteiger charge is -2.13. The van der Waals surface area contributed by atoms with Gasteiger partial charge in [-0.15, -0.1) is 11.8 Å². The fourth-order valence-corrected chi connectivity index (χ4v) is 5.20. The number of halogens is 4. The van der Waals surface area contributed by atoms with E-state index < -0.39 is 21.6 Å². The summed E-state index contributed by atoms with van der Waals surface area (Å²) < 4.78 is 64.1. The molecule has 0 atom stereocenters. The molecule has 11 heteroatoms. The number of nitrogens with one attached hydrogen (secondary N) is 1. The van der Waals surface area contributed by atoms with Gasteiger partial charge in [0.1, 0.15) is 0 Å². The highest BCUT2D eigenvalue weighted by Crippen LogP contribution is 2.38. The van der Waals surface area contributed by atoms with Crippen LogP contribution in [0.4, 0.5) is 13.2 Å². The Bertz CT molecular complexity index is 1040. The zero-order valence-electron chi connectivity index (χ0n) is 16.8. The molecule has 0 spiro atoms. The molecular formula is C20H21ClF3NO3S3. The summed E-state index contributed by atoms with van der Waals surface area (Å²) in [6, 6.07) is 7.56. The Kier molecular flexibility index (Phi) is 9.17. The molecule has 0 aliphatic heterocycles. The van der Waals surface area contributed by atoms with Gasteiger partial charge in [0.25, 0.3) is 0 Å². The average molecular weight is 512 g/mol. The van der Waals surface area contributed by atoms with Crippen LogP contribution in [0.1, 0.15) is 25.0 Å². The summed E-state index contributed by atoms with van der Waals surface area (Å²) in [5.41, 5.74) is -0.651. The minimum absolute atomic E-state index is 0.0516. The first-order valence-corrected chi connectivity index (χ1v) is 13.2. The van der Waals surface area contributed by atoms with Gasteiger partial charge in [-0.1, -0.05) is 37.2 Å². The Morgan fingerprint density at radius 3 is 2.42 bits per heavy atom. The normalized spacial score (nSPS) is 12.1. The van der Waals surface area contributed by atoms with E-state index in [0.717, 1.165) is 29.6 Å². The van der Waals surface area contributed by atoms with Crippen molar-refractivity contribution in [3.8, 4) is 0 Å². The van der Waals surface area contributed by atoms with Crippen LogP contribution in [0.3, 0.4) is 0 Å². The number of rotatable bonds is 9. The smallest absolute Gasteiger partial charge is 0.347 e. The van der Waals surface area contributed by atoms with E-state index in [0.29, 0.717) is 10.8 Å². The summed E-state index contributed by atoms with van der Waals surface area (Å²) in [7, 11) is -3.45. The summed E-state index contributed by atoms with van der Waals surface area (Å²) in [5.74, 6) is 0.733. The summed E-state index contributed by atoms with van der Waals surface area (Å²) in [5, 5.41) is 2.77. The number of hydrogen-bond donors (Lipinski definition) is 1. The number of alkyl halides is 3. The quantitative estimate of drug-likeness (QED) is 0.347. The average Bonchev–Trinajstić information content (AvgIpc) is 2.68. The predicted molar refractivity (Wildman–Crippen MR) is 120 cm³/mol. The molecule has 0 saturated carbocycles. The minimum Gasteiger partial charge on any atom is -0.347 e. The van der Waals surface area contributed by atoms with Crippen molar-refractivity contribution in [3.63, 3.8) is 0 Å². The van der Waals surface area contributed by atoms with Gasteiger partial charge in [0.05, 0.1) is 33.5 Å². The number of carbonyl (C=O) groups excluding carboxylic acids is 1. The van der Waals surface area contributed by atoms with E-state index in [1.807, 2.05) is 6.92 Å². The van der Waals surface area contributed by atoms with E-state index in [2.05, 4.69) is 5.32 Å². The third kappa shape index (κ3) is 7.62. The molecular weight excluding hydrogens is 491 g/mol. The van der Waals surface area contributed by atoms with Crippen LogP contribution in [0.5, 0.6) is 0 Å². The monoisotopic (exact) mass is 511 g/mol. The summed E-state index contributed by atoms with van der Waals surface area (Å²) in [6.45, 7) is 3.44. The van der Waals surface area contributed by atoms with Crippen molar-refractivity contribution in [1.82, 2.24) is 5.32 Å². The Morgan fingerprint density at radius 1 is 1.13 bits per heavy atom. The lowest BCUT2D eigenvalue weighted by Crippen LogP contribution is -2.24. The van der Waals surface area contributed by atoms with Crippen molar-refractivity contribution in [2.24, 2.45) is 0 Å². The van der Waals surface area contributed by atoms with Crippen LogP contribution in [0.25, 0.3) is 0 Å². The molecule has 2 aromatic rings. The van der Waals surface area contributed by atoms with Crippen molar-refractivity contribution in [2.45, 2.75) is 41.1 Å².